The maximum atomic E-state index is 2.36. The topological polar surface area (TPSA) is 0 Å². The number of likely N-dealkylation sites (N-methyl/N-ethyl adjacent to an activating group) is 2. The fourth-order valence-corrected chi connectivity index (χ4v) is 5.13. The lowest BCUT2D eigenvalue weighted by molar-refractivity contribution is -0.904. The van der Waals surface area contributed by atoms with Crippen LogP contribution in [0, 0.1) is 0 Å². The van der Waals surface area contributed by atoms with E-state index in [0.717, 1.165) is 35.1 Å². The van der Waals surface area contributed by atoms with Crippen LogP contribution in [0.15, 0.2) is 84.9 Å². The quantitative estimate of drug-likeness (QED) is 0.324. The van der Waals surface area contributed by atoms with Gasteiger partial charge in [-0.25, -0.2) is 0 Å². The molecule has 2 atom stereocenters. The van der Waals surface area contributed by atoms with Crippen LogP contribution in [0.4, 0.5) is 0 Å². The summed E-state index contributed by atoms with van der Waals surface area (Å²) >= 11 is 0. The molecule has 0 N–H and O–H groups in total. The zero-order chi connectivity index (χ0) is 23.2. The van der Waals surface area contributed by atoms with Gasteiger partial charge in [-0.15, -0.1) is 0 Å². The van der Waals surface area contributed by atoms with Gasteiger partial charge in [-0.3, -0.25) is 0 Å². The van der Waals surface area contributed by atoms with Crippen molar-refractivity contribution in [2.45, 2.75) is 38.8 Å². The summed E-state index contributed by atoms with van der Waals surface area (Å²) in [6, 6.07) is 31.1. The van der Waals surface area contributed by atoms with Crippen LogP contribution in [0.25, 0.3) is 0 Å². The summed E-state index contributed by atoms with van der Waals surface area (Å²) in [4.78, 5) is 0. The Balaban J connectivity index is 1.58. The summed E-state index contributed by atoms with van der Waals surface area (Å²) in [6.07, 6.45) is 0. The van der Waals surface area contributed by atoms with E-state index in [4.69, 9.17) is 0 Å². The first-order valence-electron chi connectivity index (χ1n) is 12.0. The number of benzene rings is 3. The van der Waals surface area contributed by atoms with Crippen molar-refractivity contribution in [2.24, 2.45) is 0 Å². The number of rotatable bonds is 10. The maximum absolute atomic E-state index is 2.36. The highest BCUT2D eigenvalue weighted by Gasteiger charge is 2.23. The van der Waals surface area contributed by atoms with Crippen LogP contribution in [-0.2, 0) is 13.1 Å². The number of nitrogens with zero attached hydrogens (tertiary/aromatic N) is 2. The van der Waals surface area contributed by atoms with Crippen LogP contribution in [0.5, 0.6) is 0 Å². The summed E-state index contributed by atoms with van der Waals surface area (Å²) in [5.74, 6) is 1.06. The molecule has 0 aliphatic carbocycles. The van der Waals surface area contributed by atoms with Gasteiger partial charge in [-0.2, -0.15) is 0 Å². The van der Waals surface area contributed by atoms with Crippen molar-refractivity contribution in [2.75, 3.05) is 41.3 Å². The van der Waals surface area contributed by atoms with Gasteiger partial charge < -0.3 is 8.97 Å². The molecule has 3 aromatic rings. The van der Waals surface area contributed by atoms with Gasteiger partial charge in [0.15, 0.2) is 0 Å². The van der Waals surface area contributed by atoms with Crippen LogP contribution >= 0.6 is 0 Å². The van der Waals surface area contributed by atoms with Crippen molar-refractivity contribution in [3.05, 3.63) is 107 Å². The van der Waals surface area contributed by atoms with Gasteiger partial charge in [-0.1, -0.05) is 98.8 Å². The van der Waals surface area contributed by atoms with Gasteiger partial charge >= 0.3 is 0 Å². The highest BCUT2D eigenvalue weighted by Crippen LogP contribution is 2.25. The first-order valence-corrected chi connectivity index (χ1v) is 12.0. The third-order valence-corrected chi connectivity index (χ3v) is 6.52. The Hall–Kier alpha value is -2.42. The van der Waals surface area contributed by atoms with Crippen molar-refractivity contribution in [1.29, 1.82) is 0 Å². The zero-order valence-electron chi connectivity index (χ0n) is 21.0. The largest absolute Gasteiger partial charge is 0.324 e. The molecule has 2 nitrogen and oxygen atoms in total. The maximum Gasteiger partial charge on any atom is 0.104 e. The lowest BCUT2D eigenvalue weighted by atomic mass is 9.94. The molecule has 0 fully saturated rings. The minimum Gasteiger partial charge on any atom is -0.324 e. The van der Waals surface area contributed by atoms with Gasteiger partial charge in [-0.05, 0) is 11.1 Å². The molecule has 0 bridgehead atoms. The van der Waals surface area contributed by atoms with E-state index in [1.807, 2.05) is 0 Å². The Kier molecular flexibility index (Phi) is 7.92. The van der Waals surface area contributed by atoms with Crippen molar-refractivity contribution in [3.8, 4) is 0 Å². The normalized spacial score (nSPS) is 14.2. The van der Waals surface area contributed by atoms with Crippen molar-refractivity contribution in [3.63, 3.8) is 0 Å². The minimum atomic E-state index is 0.531. The molecule has 0 spiro atoms. The third kappa shape index (κ3) is 7.32. The molecule has 32 heavy (non-hydrogen) atoms. The SMILES string of the molecule is CC(C[N+](C)(C)Cc1ccccc1)c1ccc(C(C)C[N+](C)(C)Cc2ccccc2)cc1. The van der Waals surface area contributed by atoms with Gasteiger partial charge in [0.25, 0.3) is 0 Å². The second kappa shape index (κ2) is 10.5. The molecule has 0 amide bonds. The Morgan fingerprint density at radius 3 is 1.12 bits per heavy atom. The number of hydrogen-bond donors (Lipinski definition) is 0. The number of hydrogen-bond acceptors (Lipinski definition) is 0. The molecule has 2 unspecified atom stereocenters. The van der Waals surface area contributed by atoms with E-state index in [-0.39, 0.29) is 0 Å². The highest BCUT2D eigenvalue weighted by molar-refractivity contribution is 5.27. The van der Waals surface area contributed by atoms with E-state index in [1.54, 1.807) is 0 Å². The second-order valence-corrected chi connectivity index (χ2v) is 11.0. The van der Waals surface area contributed by atoms with Crippen molar-refractivity contribution < 1.29 is 8.97 Å². The Bertz CT molecular complexity index is 863. The van der Waals surface area contributed by atoms with Crippen molar-refractivity contribution >= 4 is 0 Å². The average Bonchev–Trinajstić information content (AvgIpc) is 2.74. The summed E-state index contributed by atoms with van der Waals surface area (Å²) in [7, 11) is 9.36. The van der Waals surface area contributed by atoms with Gasteiger partial charge in [0, 0.05) is 23.0 Å². The lowest BCUT2D eigenvalue weighted by Gasteiger charge is -2.33. The minimum absolute atomic E-state index is 0.531. The van der Waals surface area contributed by atoms with E-state index in [0.29, 0.717) is 11.8 Å². The van der Waals surface area contributed by atoms with Gasteiger partial charge in [0.05, 0.1) is 41.3 Å². The average molecular weight is 431 g/mol. The Labute approximate surface area is 196 Å². The lowest BCUT2D eigenvalue weighted by Crippen LogP contribution is -2.41. The molecular formula is C30H42N2+2. The van der Waals surface area contributed by atoms with E-state index in [1.165, 1.54) is 22.3 Å². The van der Waals surface area contributed by atoms with Crippen molar-refractivity contribution in [1.82, 2.24) is 0 Å². The zero-order valence-corrected chi connectivity index (χ0v) is 21.0. The summed E-state index contributed by atoms with van der Waals surface area (Å²) in [6.45, 7) is 9.12. The fraction of sp³-hybridized carbons (Fsp3) is 0.400. The van der Waals surface area contributed by atoms with Crippen LogP contribution in [0.1, 0.15) is 47.9 Å². The predicted molar refractivity (Wildman–Crippen MR) is 138 cm³/mol. The van der Waals surface area contributed by atoms with E-state index < -0.39 is 0 Å². The predicted octanol–water partition coefficient (Wildman–Crippen LogP) is 6.45. The smallest absolute Gasteiger partial charge is 0.104 e. The monoisotopic (exact) mass is 430 g/mol. The number of quaternary nitrogens is 2. The van der Waals surface area contributed by atoms with Gasteiger partial charge in [0.2, 0.25) is 0 Å². The first-order chi connectivity index (χ1) is 15.1. The van der Waals surface area contributed by atoms with Crippen LogP contribution in [0.2, 0.25) is 0 Å². The fourth-order valence-electron chi connectivity index (χ4n) is 5.13. The molecule has 0 radical (unpaired) electrons. The van der Waals surface area contributed by atoms with E-state index in [2.05, 4.69) is 127 Å². The molecule has 0 heterocycles. The Morgan fingerprint density at radius 1 is 0.500 bits per heavy atom. The third-order valence-electron chi connectivity index (χ3n) is 6.52. The molecular weight excluding hydrogens is 388 g/mol. The standard InChI is InChI=1S/C30H42N2/c1-25(21-31(3,4)23-27-13-9-7-10-14-27)29-17-19-30(20-18-29)26(2)22-32(5,6)24-28-15-11-8-12-16-28/h7-20,25-26H,21-24H2,1-6H3/q+2. The molecule has 3 rings (SSSR count). The van der Waals surface area contributed by atoms with Gasteiger partial charge in [0.1, 0.15) is 13.1 Å². The molecule has 0 aliphatic rings. The summed E-state index contributed by atoms with van der Waals surface area (Å²) in [5, 5.41) is 0. The summed E-state index contributed by atoms with van der Waals surface area (Å²) < 4.78 is 1.99. The molecule has 0 saturated carbocycles. The molecule has 3 aromatic carbocycles. The molecule has 170 valence electrons. The summed E-state index contributed by atoms with van der Waals surface area (Å²) in [5.41, 5.74) is 5.70. The first kappa shape index (κ1) is 24.2. The molecule has 0 aliphatic heterocycles. The molecule has 2 heteroatoms. The van der Waals surface area contributed by atoms with E-state index in [9.17, 15) is 0 Å². The highest BCUT2D eigenvalue weighted by atomic mass is 15.3. The van der Waals surface area contributed by atoms with Crippen LogP contribution in [-0.4, -0.2) is 50.2 Å². The van der Waals surface area contributed by atoms with Crippen LogP contribution in [0.3, 0.4) is 0 Å². The Morgan fingerprint density at radius 2 is 0.812 bits per heavy atom. The van der Waals surface area contributed by atoms with E-state index >= 15 is 0 Å². The second-order valence-electron chi connectivity index (χ2n) is 11.0. The van der Waals surface area contributed by atoms with Crippen LogP contribution < -0.4 is 0 Å². The molecule has 0 aromatic heterocycles. The molecule has 0 saturated heterocycles.